The Bertz CT molecular complexity index is 573. The van der Waals surface area contributed by atoms with E-state index in [-0.39, 0.29) is 0 Å². The van der Waals surface area contributed by atoms with Crippen molar-refractivity contribution in [2.45, 2.75) is 32.2 Å². The molecule has 0 aliphatic carbocycles. The first kappa shape index (κ1) is 16.7. The molecule has 0 aliphatic heterocycles. The van der Waals surface area contributed by atoms with Crippen LogP contribution in [0.15, 0.2) is 48.5 Å². The van der Waals surface area contributed by atoms with Crippen molar-refractivity contribution in [2.75, 3.05) is 20.6 Å². The molecular formula is C20H28N2. The average Bonchev–Trinajstić information content (AvgIpc) is 2.53. The molecule has 0 saturated heterocycles. The van der Waals surface area contributed by atoms with Crippen LogP contribution < -0.4 is 5.73 Å². The molecule has 0 bridgehead atoms. The van der Waals surface area contributed by atoms with E-state index < -0.39 is 0 Å². The van der Waals surface area contributed by atoms with E-state index in [2.05, 4.69) is 74.4 Å². The molecule has 0 radical (unpaired) electrons. The number of nitrogens with two attached hydrogens (primary N) is 1. The Morgan fingerprint density at radius 1 is 1.00 bits per heavy atom. The lowest BCUT2D eigenvalue weighted by Gasteiger charge is -2.17. The van der Waals surface area contributed by atoms with Gasteiger partial charge in [-0.1, -0.05) is 55.5 Å². The van der Waals surface area contributed by atoms with Crippen molar-refractivity contribution in [2.24, 2.45) is 5.73 Å². The summed E-state index contributed by atoms with van der Waals surface area (Å²) in [5.74, 6) is 0.580. The van der Waals surface area contributed by atoms with Gasteiger partial charge < -0.3 is 10.6 Å². The predicted octanol–water partition coefficient (Wildman–Crippen LogP) is 4.26. The molecule has 2 heteroatoms. The van der Waals surface area contributed by atoms with Crippen LogP contribution in [0.5, 0.6) is 0 Å². The molecule has 0 fully saturated rings. The zero-order chi connectivity index (χ0) is 15.9. The van der Waals surface area contributed by atoms with E-state index in [1.165, 1.54) is 22.3 Å². The van der Waals surface area contributed by atoms with E-state index >= 15 is 0 Å². The quantitative estimate of drug-likeness (QED) is 0.827. The second-order valence-electron chi connectivity index (χ2n) is 6.20. The monoisotopic (exact) mass is 296 g/mol. The summed E-state index contributed by atoms with van der Waals surface area (Å²) in [7, 11) is 4.22. The van der Waals surface area contributed by atoms with E-state index in [1.807, 2.05) is 0 Å². The van der Waals surface area contributed by atoms with Gasteiger partial charge in [0.1, 0.15) is 0 Å². The summed E-state index contributed by atoms with van der Waals surface area (Å²) in [5.41, 5.74) is 11.1. The number of hydrogen-bond acceptors (Lipinski definition) is 2. The fourth-order valence-corrected chi connectivity index (χ4v) is 3.02. The molecule has 2 aromatic rings. The van der Waals surface area contributed by atoms with Gasteiger partial charge in [0.25, 0.3) is 0 Å². The van der Waals surface area contributed by atoms with Gasteiger partial charge in [0.05, 0.1) is 0 Å². The average molecular weight is 296 g/mol. The van der Waals surface area contributed by atoms with Crippen molar-refractivity contribution in [3.05, 3.63) is 59.7 Å². The van der Waals surface area contributed by atoms with Crippen LogP contribution in [0.2, 0.25) is 0 Å². The Morgan fingerprint density at radius 3 is 2.27 bits per heavy atom. The smallest absolute Gasteiger partial charge is 0.0233 e. The largest absolute Gasteiger partial charge is 0.330 e. The minimum atomic E-state index is 0.580. The Hall–Kier alpha value is -1.64. The molecule has 22 heavy (non-hydrogen) atoms. The van der Waals surface area contributed by atoms with Gasteiger partial charge in [-0.3, -0.25) is 0 Å². The molecule has 0 amide bonds. The third-order valence-corrected chi connectivity index (χ3v) is 4.20. The first-order valence-corrected chi connectivity index (χ1v) is 8.18. The molecule has 0 aromatic heterocycles. The van der Waals surface area contributed by atoms with Crippen molar-refractivity contribution in [1.82, 2.24) is 4.90 Å². The lowest BCUT2D eigenvalue weighted by atomic mass is 9.91. The minimum absolute atomic E-state index is 0.580. The first-order chi connectivity index (χ1) is 10.7. The zero-order valence-corrected chi connectivity index (χ0v) is 14.0. The van der Waals surface area contributed by atoms with Crippen molar-refractivity contribution >= 4 is 0 Å². The van der Waals surface area contributed by atoms with E-state index in [4.69, 9.17) is 5.73 Å². The zero-order valence-electron chi connectivity index (χ0n) is 14.0. The van der Waals surface area contributed by atoms with Crippen molar-refractivity contribution in [1.29, 1.82) is 0 Å². The summed E-state index contributed by atoms with van der Waals surface area (Å²) >= 11 is 0. The van der Waals surface area contributed by atoms with Crippen LogP contribution in [0, 0.1) is 0 Å². The topological polar surface area (TPSA) is 29.3 Å². The summed E-state index contributed by atoms with van der Waals surface area (Å²) < 4.78 is 0. The molecule has 2 aromatic carbocycles. The predicted molar refractivity (Wildman–Crippen MR) is 96.0 cm³/mol. The Kier molecular flexibility index (Phi) is 6.17. The van der Waals surface area contributed by atoms with E-state index in [1.54, 1.807) is 0 Å². The van der Waals surface area contributed by atoms with Crippen LogP contribution in [-0.4, -0.2) is 25.5 Å². The van der Waals surface area contributed by atoms with Crippen molar-refractivity contribution in [3.8, 4) is 11.1 Å². The maximum absolute atomic E-state index is 5.72. The van der Waals surface area contributed by atoms with Crippen molar-refractivity contribution < 1.29 is 0 Å². The SMILES string of the molecule is CCC(CCN)c1ccc(-c2ccccc2CN(C)C)cc1. The molecule has 0 saturated carbocycles. The lowest BCUT2D eigenvalue weighted by Crippen LogP contribution is -2.11. The summed E-state index contributed by atoms with van der Waals surface area (Å²) in [4.78, 5) is 2.21. The van der Waals surface area contributed by atoms with E-state index in [0.717, 1.165) is 25.9 Å². The van der Waals surface area contributed by atoms with Crippen molar-refractivity contribution in [3.63, 3.8) is 0 Å². The molecule has 1 unspecified atom stereocenters. The maximum atomic E-state index is 5.72. The van der Waals surface area contributed by atoms with Crippen LogP contribution in [0.4, 0.5) is 0 Å². The summed E-state index contributed by atoms with van der Waals surface area (Å²) in [5, 5.41) is 0. The molecule has 118 valence electrons. The fourth-order valence-electron chi connectivity index (χ4n) is 3.02. The van der Waals surface area contributed by atoms with Crippen LogP contribution in [-0.2, 0) is 6.54 Å². The molecule has 1 atom stereocenters. The lowest BCUT2D eigenvalue weighted by molar-refractivity contribution is 0.403. The van der Waals surface area contributed by atoms with Gasteiger partial charge in [0, 0.05) is 6.54 Å². The van der Waals surface area contributed by atoms with Gasteiger partial charge >= 0.3 is 0 Å². The highest BCUT2D eigenvalue weighted by atomic mass is 15.0. The van der Waals surface area contributed by atoms with Crippen LogP contribution in [0.1, 0.15) is 36.8 Å². The highest BCUT2D eigenvalue weighted by molar-refractivity contribution is 5.67. The van der Waals surface area contributed by atoms with Gasteiger partial charge in [0.15, 0.2) is 0 Å². The third-order valence-electron chi connectivity index (χ3n) is 4.20. The van der Waals surface area contributed by atoms with Crippen LogP contribution >= 0.6 is 0 Å². The van der Waals surface area contributed by atoms with E-state index in [0.29, 0.717) is 5.92 Å². The van der Waals surface area contributed by atoms with Gasteiger partial charge in [-0.2, -0.15) is 0 Å². The van der Waals surface area contributed by atoms with Crippen LogP contribution in [0.25, 0.3) is 11.1 Å². The van der Waals surface area contributed by atoms with Gasteiger partial charge in [-0.15, -0.1) is 0 Å². The molecule has 2 nitrogen and oxygen atoms in total. The van der Waals surface area contributed by atoms with Gasteiger partial charge in [0.2, 0.25) is 0 Å². The fraction of sp³-hybridized carbons (Fsp3) is 0.400. The highest BCUT2D eigenvalue weighted by Gasteiger charge is 2.10. The second-order valence-corrected chi connectivity index (χ2v) is 6.20. The number of benzene rings is 2. The Labute approximate surface area is 135 Å². The Balaban J connectivity index is 2.27. The maximum Gasteiger partial charge on any atom is 0.0233 e. The summed E-state index contributed by atoms with van der Waals surface area (Å²) in [6.07, 6.45) is 2.21. The number of nitrogens with zero attached hydrogens (tertiary/aromatic N) is 1. The summed E-state index contributed by atoms with van der Waals surface area (Å²) in [6, 6.07) is 17.7. The molecule has 0 heterocycles. The standard InChI is InChI=1S/C20H28N2/c1-4-16(13-14-21)17-9-11-18(12-10-17)20-8-6-5-7-19(20)15-22(2)3/h5-12,16H,4,13-15,21H2,1-3H3. The van der Waals surface area contributed by atoms with Gasteiger partial charge in [-0.25, -0.2) is 0 Å². The first-order valence-electron chi connectivity index (χ1n) is 8.18. The molecular weight excluding hydrogens is 268 g/mol. The number of hydrogen-bond donors (Lipinski definition) is 1. The van der Waals surface area contributed by atoms with Gasteiger partial charge in [-0.05, 0) is 61.7 Å². The molecule has 0 aliphatic rings. The van der Waals surface area contributed by atoms with Crippen LogP contribution in [0.3, 0.4) is 0 Å². The molecule has 2 rings (SSSR count). The minimum Gasteiger partial charge on any atom is -0.330 e. The molecule has 0 spiro atoms. The third kappa shape index (κ3) is 4.19. The second kappa shape index (κ2) is 8.11. The number of rotatable bonds is 7. The highest BCUT2D eigenvalue weighted by Crippen LogP contribution is 2.28. The van der Waals surface area contributed by atoms with E-state index in [9.17, 15) is 0 Å². The summed E-state index contributed by atoms with van der Waals surface area (Å²) in [6.45, 7) is 3.95. The normalized spacial score (nSPS) is 12.6. The molecule has 2 N–H and O–H groups in total. The Morgan fingerprint density at radius 2 is 1.68 bits per heavy atom.